The maximum Gasteiger partial charge on any atom is 0.326 e. The Balaban J connectivity index is 1.42. The molecule has 1 N–H and O–H groups in total. The number of fused-ring (bicyclic) bond motifs is 1. The van der Waals surface area contributed by atoms with Gasteiger partial charge in [0.15, 0.2) is 5.15 Å². The SMILES string of the molecule is CN(C)C/C=C/C(=O)N1CCC(N2C(=O)N(Cc3ccccc3)Cc3cnc(Nc4cn(C)nc4Cl)nc32)C1. The van der Waals surface area contributed by atoms with Crippen LogP contribution in [0.15, 0.2) is 54.9 Å². The lowest BCUT2D eigenvalue weighted by Gasteiger charge is -2.39. The first kappa shape index (κ1) is 26.6. The molecule has 3 amide bonds. The fraction of sp³-hybridized carbons (Fsp3) is 0.370. The van der Waals surface area contributed by atoms with Gasteiger partial charge in [-0.3, -0.25) is 14.4 Å². The van der Waals surface area contributed by atoms with Crippen LogP contribution in [0.1, 0.15) is 17.5 Å². The van der Waals surface area contributed by atoms with E-state index in [-0.39, 0.29) is 18.0 Å². The summed E-state index contributed by atoms with van der Waals surface area (Å²) in [5.41, 5.74) is 2.44. The van der Waals surface area contributed by atoms with Gasteiger partial charge in [0.2, 0.25) is 11.9 Å². The minimum absolute atomic E-state index is 0.0542. The number of carbonyl (C=O) groups is 2. The van der Waals surface area contributed by atoms with Crippen molar-refractivity contribution in [3.63, 3.8) is 0 Å². The summed E-state index contributed by atoms with van der Waals surface area (Å²) in [5, 5.41) is 7.55. The molecular formula is C27H32ClN9O2. The number of likely N-dealkylation sites (tertiary alicyclic amines) is 1. The van der Waals surface area contributed by atoms with E-state index in [4.69, 9.17) is 16.6 Å². The third-order valence-corrected chi connectivity index (χ3v) is 7.00. The summed E-state index contributed by atoms with van der Waals surface area (Å²) in [4.78, 5) is 43.3. The largest absolute Gasteiger partial charge is 0.337 e. The number of anilines is 3. The summed E-state index contributed by atoms with van der Waals surface area (Å²) in [6.45, 7) is 2.52. The number of hydrogen-bond acceptors (Lipinski definition) is 7. The van der Waals surface area contributed by atoms with Crippen molar-refractivity contribution in [3.8, 4) is 0 Å². The van der Waals surface area contributed by atoms with E-state index in [0.29, 0.717) is 61.8 Å². The molecule has 1 aromatic carbocycles. The summed E-state index contributed by atoms with van der Waals surface area (Å²) in [6.07, 6.45) is 7.60. The van der Waals surface area contributed by atoms with Crippen molar-refractivity contribution in [2.24, 2.45) is 7.05 Å². The van der Waals surface area contributed by atoms with Gasteiger partial charge in [-0.1, -0.05) is 48.0 Å². The first-order valence-electron chi connectivity index (χ1n) is 12.8. The molecule has 0 saturated carbocycles. The number of carbonyl (C=O) groups excluding carboxylic acids is 2. The van der Waals surface area contributed by atoms with Crippen LogP contribution in [0.5, 0.6) is 0 Å². The van der Waals surface area contributed by atoms with Crippen LogP contribution in [0, 0.1) is 0 Å². The highest BCUT2D eigenvalue weighted by Gasteiger charge is 2.40. The monoisotopic (exact) mass is 549 g/mol. The van der Waals surface area contributed by atoms with Crippen molar-refractivity contribution in [2.45, 2.75) is 25.6 Å². The molecule has 2 aromatic heterocycles. The molecule has 0 radical (unpaired) electrons. The number of amides is 3. The predicted molar refractivity (Wildman–Crippen MR) is 150 cm³/mol. The molecule has 0 aliphatic carbocycles. The molecule has 1 fully saturated rings. The number of benzene rings is 1. The van der Waals surface area contributed by atoms with Crippen LogP contribution in [0.25, 0.3) is 0 Å². The average molecular weight is 550 g/mol. The van der Waals surface area contributed by atoms with Gasteiger partial charge in [-0.25, -0.2) is 9.78 Å². The van der Waals surface area contributed by atoms with E-state index in [9.17, 15) is 9.59 Å². The molecular weight excluding hydrogens is 518 g/mol. The van der Waals surface area contributed by atoms with E-state index in [2.05, 4.69) is 15.4 Å². The molecule has 204 valence electrons. The number of nitrogens with zero attached hydrogens (tertiary/aromatic N) is 8. The van der Waals surface area contributed by atoms with Crippen molar-refractivity contribution in [2.75, 3.05) is 43.9 Å². The van der Waals surface area contributed by atoms with Crippen LogP contribution in [0.2, 0.25) is 5.15 Å². The number of likely N-dealkylation sites (N-methyl/N-ethyl adjacent to an activating group) is 1. The molecule has 1 saturated heterocycles. The van der Waals surface area contributed by atoms with Gasteiger partial charge in [0, 0.05) is 57.3 Å². The number of rotatable bonds is 8. The van der Waals surface area contributed by atoms with E-state index in [0.717, 1.165) is 11.1 Å². The Morgan fingerprint density at radius 2 is 2.05 bits per heavy atom. The second-order valence-corrected chi connectivity index (χ2v) is 10.4. The molecule has 11 nitrogen and oxygen atoms in total. The van der Waals surface area contributed by atoms with E-state index >= 15 is 0 Å². The summed E-state index contributed by atoms with van der Waals surface area (Å²) < 4.78 is 1.59. The van der Waals surface area contributed by atoms with Crippen LogP contribution in [-0.4, -0.2) is 86.2 Å². The molecule has 0 bridgehead atoms. The molecule has 39 heavy (non-hydrogen) atoms. The van der Waals surface area contributed by atoms with Crippen molar-refractivity contribution < 1.29 is 9.59 Å². The van der Waals surface area contributed by atoms with Gasteiger partial charge in [0.05, 0.1) is 18.3 Å². The van der Waals surface area contributed by atoms with Gasteiger partial charge in [-0.05, 0) is 26.1 Å². The van der Waals surface area contributed by atoms with Gasteiger partial charge in [0.1, 0.15) is 5.82 Å². The van der Waals surface area contributed by atoms with E-state index in [1.54, 1.807) is 44.9 Å². The molecule has 2 aliphatic rings. The number of halogens is 1. The molecule has 4 heterocycles. The Labute approximate surface area is 232 Å². The Bertz CT molecular complexity index is 1370. The summed E-state index contributed by atoms with van der Waals surface area (Å²) in [5.74, 6) is 0.807. The second kappa shape index (κ2) is 11.4. The Hall–Kier alpha value is -3.96. The number of nitrogens with one attached hydrogen (secondary N) is 1. The molecule has 12 heteroatoms. The average Bonchev–Trinajstić information content (AvgIpc) is 3.51. The van der Waals surface area contributed by atoms with Crippen molar-refractivity contribution in [3.05, 3.63) is 71.2 Å². The lowest BCUT2D eigenvalue weighted by molar-refractivity contribution is -0.125. The molecule has 1 atom stereocenters. The van der Waals surface area contributed by atoms with E-state index in [1.807, 2.05) is 55.4 Å². The molecule has 2 aliphatic heterocycles. The first-order chi connectivity index (χ1) is 18.8. The van der Waals surface area contributed by atoms with Gasteiger partial charge < -0.3 is 20.0 Å². The quantitative estimate of drug-likeness (QED) is 0.430. The summed E-state index contributed by atoms with van der Waals surface area (Å²) >= 11 is 6.22. The number of aromatic nitrogens is 4. The Kier molecular flexibility index (Phi) is 7.80. The number of aryl methyl sites for hydroxylation is 1. The van der Waals surface area contributed by atoms with E-state index in [1.165, 1.54) is 0 Å². The Morgan fingerprint density at radius 3 is 2.77 bits per heavy atom. The third kappa shape index (κ3) is 6.04. The highest BCUT2D eigenvalue weighted by molar-refractivity contribution is 6.32. The summed E-state index contributed by atoms with van der Waals surface area (Å²) in [7, 11) is 5.68. The molecule has 3 aromatic rings. The second-order valence-electron chi connectivity index (χ2n) is 10.1. The number of urea groups is 1. The van der Waals surface area contributed by atoms with Crippen LogP contribution in [0.3, 0.4) is 0 Å². The van der Waals surface area contributed by atoms with Crippen LogP contribution >= 0.6 is 11.6 Å². The third-order valence-electron chi connectivity index (χ3n) is 6.73. The van der Waals surface area contributed by atoms with Crippen molar-refractivity contribution >= 4 is 41.0 Å². The fourth-order valence-electron chi connectivity index (χ4n) is 4.84. The van der Waals surface area contributed by atoms with Gasteiger partial charge in [0.25, 0.3) is 0 Å². The number of hydrogen-bond donors (Lipinski definition) is 1. The predicted octanol–water partition coefficient (Wildman–Crippen LogP) is 3.27. The zero-order valence-electron chi connectivity index (χ0n) is 22.3. The zero-order valence-corrected chi connectivity index (χ0v) is 23.0. The van der Waals surface area contributed by atoms with Crippen molar-refractivity contribution in [1.82, 2.24) is 34.4 Å². The van der Waals surface area contributed by atoms with Gasteiger partial charge >= 0.3 is 6.03 Å². The minimum Gasteiger partial charge on any atom is -0.337 e. The first-order valence-corrected chi connectivity index (χ1v) is 13.2. The lowest BCUT2D eigenvalue weighted by Crippen LogP contribution is -2.52. The van der Waals surface area contributed by atoms with Crippen LogP contribution < -0.4 is 10.2 Å². The van der Waals surface area contributed by atoms with Crippen molar-refractivity contribution in [1.29, 1.82) is 0 Å². The van der Waals surface area contributed by atoms with Gasteiger partial charge in [-0.15, -0.1) is 0 Å². The van der Waals surface area contributed by atoms with Crippen LogP contribution in [-0.2, 0) is 24.9 Å². The maximum atomic E-state index is 13.9. The van der Waals surface area contributed by atoms with E-state index < -0.39 is 0 Å². The summed E-state index contributed by atoms with van der Waals surface area (Å²) in [6, 6.07) is 9.53. The lowest BCUT2D eigenvalue weighted by atomic mass is 10.1. The smallest absolute Gasteiger partial charge is 0.326 e. The highest BCUT2D eigenvalue weighted by atomic mass is 35.5. The standard InChI is InChI=1S/C27H32ClN9O2/c1-33(2)12-7-10-23(38)35-13-11-21(17-35)37-25-20(16-36(27(37)39)15-19-8-5-4-6-9-19)14-29-26(31-25)30-22-18-34(3)32-24(22)28/h4-10,14,18,21H,11-13,15-17H2,1-3H3,(H,29,30,31)/b10-7+. The molecule has 5 rings (SSSR count). The minimum atomic E-state index is -0.217. The zero-order chi connectivity index (χ0) is 27.5. The Morgan fingerprint density at radius 1 is 1.26 bits per heavy atom. The topological polar surface area (TPSA) is 103 Å². The van der Waals surface area contributed by atoms with Crippen LogP contribution in [0.4, 0.5) is 22.2 Å². The van der Waals surface area contributed by atoms with Gasteiger partial charge in [-0.2, -0.15) is 10.1 Å². The highest BCUT2D eigenvalue weighted by Crippen LogP contribution is 2.33. The maximum absolute atomic E-state index is 13.9. The normalized spacial score (nSPS) is 17.4. The fourth-order valence-corrected chi connectivity index (χ4v) is 5.05. The molecule has 1 unspecified atom stereocenters. The molecule has 0 spiro atoms.